The van der Waals surface area contributed by atoms with Crippen molar-refractivity contribution in [1.29, 1.82) is 0 Å². The highest BCUT2D eigenvalue weighted by molar-refractivity contribution is 9.10. The Kier molecular flexibility index (Phi) is 7.77. The fraction of sp³-hybridized carbons (Fsp3) is 0.267. The first-order chi connectivity index (χ1) is 17.7. The second kappa shape index (κ2) is 10.6. The Hall–Kier alpha value is -3.10. The SMILES string of the molecule is CC(C)(C)OC(=O)N(c1ccc2ccc(Br)cc2c1)N(C(=O)OC(C)(C)C)c1ccc2ccc(Br)cc2c1. The van der Waals surface area contributed by atoms with Crippen LogP contribution in [0.5, 0.6) is 0 Å². The minimum absolute atomic E-state index is 0.449. The highest BCUT2D eigenvalue weighted by Crippen LogP contribution is 2.33. The van der Waals surface area contributed by atoms with Crippen molar-refractivity contribution >= 4 is 77.0 Å². The van der Waals surface area contributed by atoms with Gasteiger partial charge < -0.3 is 9.47 Å². The molecule has 0 aromatic heterocycles. The number of hydrogen-bond donors (Lipinski definition) is 0. The van der Waals surface area contributed by atoms with Crippen LogP contribution in [0.2, 0.25) is 0 Å². The van der Waals surface area contributed by atoms with E-state index < -0.39 is 23.4 Å². The Labute approximate surface area is 239 Å². The van der Waals surface area contributed by atoms with Gasteiger partial charge in [0.2, 0.25) is 0 Å². The molecule has 0 atom stereocenters. The number of carbonyl (C=O) groups is 2. The number of benzene rings is 4. The second-order valence-corrected chi connectivity index (χ2v) is 12.8. The summed E-state index contributed by atoms with van der Waals surface area (Å²) in [4.78, 5) is 27.6. The van der Waals surface area contributed by atoms with Gasteiger partial charge in [-0.15, -0.1) is 0 Å². The average Bonchev–Trinajstić information content (AvgIpc) is 2.79. The van der Waals surface area contributed by atoms with Gasteiger partial charge in [-0.1, -0.05) is 56.1 Å². The maximum absolute atomic E-state index is 13.8. The van der Waals surface area contributed by atoms with Crippen molar-refractivity contribution in [2.24, 2.45) is 0 Å². The van der Waals surface area contributed by atoms with Gasteiger partial charge in [0.05, 0.1) is 11.4 Å². The van der Waals surface area contributed by atoms with Gasteiger partial charge >= 0.3 is 12.2 Å². The molecular formula is C30H30Br2N2O4. The zero-order valence-corrected chi connectivity index (χ0v) is 25.4. The summed E-state index contributed by atoms with van der Waals surface area (Å²) in [6.45, 7) is 10.7. The monoisotopic (exact) mass is 640 g/mol. The van der Waals surface area contributed by atoms with Crippen molar-refractivity contribution in [1.82, 2.24) is 0 Å². The van der Waals surface area contributed by atoms with E-state index in [1.807, 2.05) is 60.7 Å². The van der Waals surface area contributed by atoms with Gasteiger partial charge in [-0.25, -0.2) is 9.59 Å². The number of halogens is 2. The van der Waals surface area contributed by atoms with E-state index >= 15 is 0 Å². The summed E-state index contributed by atoms with van der Waals surface area (Å²) >= 11 is 7.04. The van der Waals surface area contributed by atoms with E-state index in [1.165, 1.54) is 10.0 Å². The summed E-state index contributed by atoms with van der Waals surface area (Å²) < 4.78 is 13.4. The number of hydrazine groups is 1. The lowest BCUT2D eigenvalue weighted by molar-refractivity contribution is 0.0479. The summed E-state index contributed by atoms with van der Waals surface area (Å²) in [5.74, 6) is 0. The smallest absolute Gasteiger partial charge is 0.434 e. The molecule has 4 aromatic carbocycles. The topological polar surface area (TPSA) is 59.1 Å². The lowest BCUT2D eigenvalue weighted by Gasteiger charge is -2.36. The second-order valence-electron chi connectivity index (χ2n) is 10.9. The molecule has 0 aliphatic rings. The molecule has 8 heteroatoms. The van der Waals surface area contributed by atoms with Crippen LogP contribution in [0.1, 0.15) is 41.5 Å². The fourth-order valence-corrected chi connectivity index (χ4v) is 4.65. The first kappa shape index (κ1) is 27.9. The zero-order chi connectivity index (χ0) is 27.8. The number of anilines is 2. The van der Waals surface area contributed by atoms with Gasteiger partial charge in [-0.3, -0.25) is 0 Å². The summed E-state index contributed by atoms with van der Waals surface area (Å²) in [5, 5.41) is 6.22. The van der Waals surface area contributed by atoms with E-state index in [-0.39, 0.29) is 0 Å². The number of hydrogen-bond acceptors (Lipinski definition) is 4. The third kappa shape index (κ3) is 6.66. The Morgan fingerprint density at radius 2 is 0.895 bits per heavy atom. The predicted molar refractivity (Wildman–Crippen MR) is 161 cm³/mol. The quantitative estimate of drug-likeness (QED) is 0.205. The van der Waals surface area contributed by atoms with E-state index in [0.29, 0.717) is 11.4 Å². The van der Waals surface area contributed by atoms with Crippen LogP contribution in [0.15, 0.2) is 81.7 Å². The van der Waals surface area contributed by atoms with E-state index in [2.05, 4.69) is 31.9 Å². The van der Waals surface area contributed by atoms with Crippen LogP contribution in [0.25, 0.3) is 21.5 Å². The molecule has 0 heterocycles. The molecule has 0 aliphatic heterocycles. The van der Waals surface area contributed by atoms with Gasteiger partial charge in [0.15, 0.2) is 0 Å². The molecule has 0 aliphatic carbocycles. The Bertz CT molecular complexity index is 1410. The average molecular weight is 642 g/mol. The fourth-order valence-electron chi connectivity index (χ4n) is 3.89. The number of nitrogens with zero attached hydrogens (tertiary/aromatic N) is 2. The Morgan fingerprint density at radius 3 is 1.24 bits per heavy atom. The van der Waals surface area contributed by atoms with Crippen LogP contribution < -0.4 is 10.0 Å². The minimum Gasteiger partial charge on any atom is -0.442 e. The number of carbonyl (C=O) groups excluding carboxylic acids is 2. The van der Waals surface area contributed by atoms with Crippen LogP contribution >= 0.6 is 31.9 Å². The third-order valence-electron chi connectivity index (χ3n) is 5.39. The van der Waals surface area contributed by atoms with Gasteiger partial charge in [0.25, 0.3) is 0 Å². The highest BCUT2D eigenvalue weighted by atomic mass is 79.9. The van der Waals surface area contributed by atoms with Crippen molar-refractivity contribution in [2.45, 2.75) is 52.7 Å². The number of fused-ring (bicyclic) bond motifs is 2. The molecule has 0 radical (unpaired) electrons. The van der Waals surface area contributed by atoms with Crippen molar-refractivity contribution in [3.05, 3.63) is 81.7 Å². The molecule has 0 saturated carbocycles. The van der Waals surface area contributed by atoms with Crippen molar-refractivity contribution in [3.63, 3.8) is 0 Å². The number of rotatable bonds is 2. The van der Waals surface area contributed by atoms with E-state index in [4.69, 9.17) is 9.47 Å². The van der Waals surface area contributed by atoms with Crippen LogP contribution in [0.3, 0.4) is 0 Å². The highest BCUT2D eigenvalue weighted by Gasteiger charge is 2.36. The summed E-state index contributed by atoms with van der Waals surface area (Å²) in [5.41, 5.74) is -0.707. The van der Waals surface area contributed by atoms with Gasteiger partial charge in [0.1, 0.15) is 11.2 Å². The van der Waals surface area contributed by atoms with Gasteiger partial charge in [-0.05, 0) is 112 Å². The van der Waals surface area contributed by atoms with Crippen LogP contribution in [-0.4, -0.2) is 23.4 Å². The molecule has 4 aromatic rings. The molecule has 0 unspecified atom stereocenters. The first-order valence-electron chi connectivity index (χ1n) is 12.1. The van der Waals surface area contributed by atoms with Crippen LogP contribution in [0.4, 0.5) is 21.0 Å². The molecule has 6 nitrogen and oxygen atoms in total. The normalized spacial score (nSPS) is 11.9. The Balaban J connectivity index is 1.95. The molecule has 38 heavy (non-hydrogen) atoms. The van der Waals surface area contributed by atoms with E-state index in [1.54, 1.807) is 53.7 Å². The lowest BCUT2D eigenvalue weighted by Crippen LogP contribution is -2.53. The molecule has 0 N–H and O–H groups in total. The van der Waals surface area contributed by atoms with E-state index in [0.717, 1.165) is 30.5 Å². The standard InChI is InChI=1S/C30H30Br2N2O4/c1-29(2,3)37-27(35)33(25-13-9-19-7-11-23(31)15-21(19)17-25)34(28(36)38-30(4,5)6)26-14-10-20-8-12-24(32)16-22(20)18-26/h7-18H,1-6H3. The molecule has 0 bridgehead atoms. The molecule has 4 rings (SSSR count). The summed E-state index contributed by atoms with van der Waals surface area (Å²) in [6.07, 6.45) is -1.43. The maximum Gasteiger partial charge on any atom is 0.434 e. The summed E-state index contributed by atoms with van der Waals surface area (Å²) in [7, 11) is 0. The predicted octanol–water partition coefficient (Wildman–Crippen LogP) is 9.62. The van der Waals surface area contributed by atoms with Gasteiger partial charge in [0, 0.05) is 8.95 Å². The number of amides is 2. The molecule has 0 saturated heterocycles. The maximum atomic E-state index is 13.8. The minimum atomic E-state index is -0.803. The van der Waals surface area contributed by atoms with Crippen molar-refractivity contribution < 1.29 is 19.1 Å². The number of ether oxygens (including phenoxy) is 2. The van der Waals surface area contributed by atoms with Crippen molar-refractivity contribution in [3.8, 4) is 0 Å². The molecule has 0 fully saturated rings. The van der Waals surface area contributed by atoms with Crippen LogP contribution in [-0.2, 0) is 9.47 Å². The van der Waals surface area contributed by atoms with Crippen molar-refractivity contribution in [2.75, 3.05) is 10.0 Å². The molecule has 2 amide bonds. The molecule has 0 spiro atoms. The third-order valence-corrected chi connectivity index (χ3v) is 6.38. The van der Waals surface area contributed by atoms with Crippen LogP contribution in [0, 0.1) is 0 Å². The van der Waals surface area contributed by atoms with E-state index in [9.17, 15) is 9.59 Å². The van der Waals surface area contributed by atoms with Gasteiger partial charge in [-0.2, -0.15) is 10.0 Å². The first-order valence-corrected chi connectivity index (χ1v) is 13.7. The zero-order valence-electron chi connectivity index (χ0n) is 22.2. The molecular weight excluding hydrogens is 612 g/mol. The molecule has 198 valence electrons. The summed E-state index contributed by atoms with van der Waals surface area (Å²) in [6, 6.07) is 22.8. The largest absolute Gasteiger partial charge is 0.442 e. The Morgan fingerprint density at radius 1 is 0.553 bits per heavy atom. The lowest BCUT2D eigenvalue weighted by atomic mass is 10.1.